The Morgan fingerprint density at radius 2 is 2.00 bits per heavy atom. The van der Waals surface area contributed by atoms with Crippen LogP contribution >= 0.6 is 0 Å². The summed E-state index contributed by atoms with van der Waals surface area (Å²) in [5, 5.41) is 3.61. The van der Waals surface area contributed by atoms with Crippen molar-refractivity contribution >= 4 is 5.69 Å². The lowest BCUT2D eigenvalue weighted by atomic mass is 9.94. The van der Waals surface area contributed by atoms with Crippen molar-refractivity contribution in [1.82, 2.24) is 9.55 Å². The van der Waals surface area contributed by atoms with E-state index in [-0.39, 0.29) is 0 Å². The zero-order chi connectivity index (χ0) is 14.1. The van der Waals surface area contributed by atoms with Crippen LogP contribution in [-0.2, 0) is 6.42 Å². The van der Waals surface area contributed by atoms with Crippen LogP contribution in [0.15, 0.2) is 30.7 Å². The quantitative estimate of drug-likeness (QED) is 0.883. The highest BCUT2D eigenvalue weighted by molar-refractivity contribution is 5.79. The van der Waals surface area contributed by atoms with Gasteiger partial charge in [-0.15, -0.1) is 0 Å². The fourth-order valence-electron chi connectivity index (χ4n) is 3.89. The number of nitrogens with zero attached hydrogens (tertiary/aromatic N) is 2. The van der Waals surface area contributed by atoms with Crippen LogP contribution in [0, 0.1) is 0 Å². The van der Waals surface area contributed by atoms with Crippen LogP contribution in [0.25, 0.3) is 11.3 Å². The molecule has 0 bridgehead atoms. The smallest absolute Gasteiger partial charge is 0.0953 e. The zero-order valence-electron chi connectivity index (χ0n) is 12.5. The van der Waals surface area contributed by atoms with Gasteiger partial charge < -0.3 is 9.88 Å². The highest BCUT2D eigenvalue weighted by Crippen LogP contribution is 2.37. The van der Waals surface area contributed by atoms with Crippen molar-refractivity contribution in [3.63, 3.8) is 0 Å². The summed E-state index contributed by atoms with van der Waals surface area (Å²) < 4.78 is 2.42. The van der Waals surface area contributed by atoms with Crippen LogP contribution in [0.3, 0.4) is 0 Å². The number of aromatic nitrogens is 2. The first kappa shape index (κ1) is 12.9. The molecule has 1 aliphatic carbocycles. The molecular weight excluding hydrogens is 258 g/mol. The van der Waals surface area contributed by atoms with Gasteiger partial charge in [0.2, 0.25) is 0 Å². The first-order chi connectivity index (χ1) is 10.4. The highest BCUT2D eigenvalue weighted by Gasteiger charge is 2.21. The molecule has 1 fully saturated rings. The maximum atomic E-state index is 4.46. The van der Waals surface area contributed by atoms with Crippen molar-refractivity contribution in [3.8, 4) is 11.3 Å². The predicted molar refractivity (Wildman–Crippen MR) is 86.6 cm³/mol. The number of anilines is 1. The zero-order valence-corrected chi connectivity index (χ0v) is 12.5. The number of hydrogen-bond acceptors (Lipinski definition) is 2. The van der Waals surface area contributed by atoms with Gasteiger partial charge in [0.05, 0.1) is 18.2 Å². The van der Waals surface area contributed by atoms with E-state index in [1.807, 2.05) is 12.5 Å². The first-order valence-electron chi connectivity index (χ1n) is 8.31. The molecule has 0 spiro atoms. The summed E-state index contributed by atoms with van der Waals surface area (Å²) in [4.78, 5) is 4.46. The second-order valence-electron chi connectivity index (χ2n) is 6.35. The van der Waals surface area contributed by atoms with Crippen LogP contribution in [-0.4, -0.2) is 16.1 Å². The molecule has 1 aromatic carbocycles. The standard InChI is InChI=1S/C18H23N3/c1-2-8-15(9-3-1)21-13-19-12-17(21)16-10-4-6-14-7-5-11-20-18(14)16/h4,6,10,12-13,15,20H,1-3,5,7-9,11H2. The predicted octanol–water partition coefficient (Wildman–Crippen LogP) is 4.41. The van der Waals surface area contributed by atoms with Gasteiger partial charge >= 0.3 is 0 Å². The second kappa shape index (κ2) is 5.55. The molecule has 3 heteroatoms. The van der Waals surface area contributed by atoms with Crippen molar-refractivity contribution in [2.24, 2.45) is 0 Å². The van der Waals surface area contributed by atoms with E-state index in [9.17, 15) is 0 Å². The normalized spacial score (nSPS) is 19.0. The van der Waals surface area contributed by atoms with Crippen molar-refractivity contribution in [3.05, 3.63) is 36.3 Å². The van der Waals surface area contributed by atoms with Gasteiger partial charge in [-0.3, -0.25) is 0 Å². The number of para-hydroxylation sites is 1. The fourth-order valence-corrected chi connectivity index (χ4v) is 3.89. The van der Waals surface area contributed by atoms with Crippen LogP contribution in [0.4, 0.5) is 5.69 Å². The summed E-state index contributed by atoms with van der Waals surface area (Å²) in [6, 6.07) is 7.33. The van der Waals surface area contributed by atoms with Crippen LogP contribution < -0.4 is 5.32 Å². The molecule has 2 aliphatic rings. The Labute approximate surface area is 126 Å². The number of nitrogens with one attached hydrogen (secondary N) is 1. The minimum Gasteiger partial charge on any atom is -0.384 e. The van der Waals surface area contributed by atoms with Gasteiger partial charge in [-0.2, -0.15) is 0 Å². The molecule has 0 amide bonds. The van der Waals surface area contributed by atoms with E-state index in [4.69, 9.17) is 0 Å². The molecule has 0 radical (unpaired) electrons. The topological polar surface area (TPSA) is 29.9 Å². The third-order valence-corrected chi connectivity index (χ3v) is 4.99. The number of fused-ring (bicyclic) bond motifs is 1. The lowest BCUT2D eigenvalue weighted by Crippen LogP contribution is -2.15. The lowest BCUT2D eigenvalue weighted by Gasteiger charge is -2.27. The summed E-state index contributed by atoms with van der Waals surface area (Å²) in [5.41, 5.74) is 5.40. The van der Waals surface area contributed by atoms with Gasteiger partial charge in [0, 0.05) is 23.8 Å². The van der Waals surface area contributed by atoms with Gasteiger partial charge in [-0.1, -0.05) is 37.5 Å². The maximum Gasteiger partial charge on any atom is 0.0953 e. The summed E-state index contributed by atoms with van der Waals surface area (Å²) in [7, 11) is 0. The Morgan fingerprint density at radius 3 is 2.90 bits per heavy atom. The van der Waals surface area contributed by atoms with E-state index in [0.717, 1.165) is 6.54 Å². The number of rotatable bonds is 2. The van der Waals surface area contributed by atoms with E-state index in [2.05, 4.69) is 33.1 Å². The molecule has 110 valence electrons. The van der Waals surface area contributed by atoms with E-state index in [1.165, 1.54) is 67.5 Å². The first-order valence-corrected chi connectivity index (χ1v) is 8.31. The van der Waals surface area contributed by atoms with Gasteiger partial charge in [-0.25, -0.2) is 4.98 Å². The van der Waals surface area contributed by atoms with E-state index in [0.29, 0.717) is 6.04 Å². The minimum atomic E-state index is 0.635. The molecule has 1 aromatic heterocycles. The van der Waals surface area contributed by atoms with Crippen LogP contribution in [0.2, 0.25) is 0 Å². The van der Waals surface area contributed by atoms with Crippen molar-refractivity contribution in [1.29, 1.82) is 0 Å². The van der Waals surface area contributed by atoms with Crippen molar-refractivity contribution in [2.45, 2.75) is 51.0 Å². The average Bonchev–Trinajstić information content (AvgIpc) is 3.04. The molecule has 4 rings (SSSR count). The Kier molecular flexibility index (Phi) is 3.42. The highest BCUT2D eigenvalue weighted by atomic mass is 15.1. The molecule has 0 unspecified atom stereocenters. The summed E-state index contributed by atoms with van der Waals surface area (Å²) in [6.45, 7) is 1.08. The monoisotopic (exact) mass is 281 g/mol. The number of aryl methyl sites for hydroxylation is 1. The molecule has 21 heavy (non-hydrogen) atoms. The van der Waals surface area contributed by atoms with Crippen molar-refractivity contribution < 1.29 is 0 Å². The molecular formula is C18H23N3. The number of hydrogen-bond donors (Lipinski definition) is 1. The molecule has 0 saturated heterocycles. The van der Waals surface area contributed by atoms with Crippen LogP contribution in [0.5, 0.6) is 0 Å². The Hall–Kier alpha value is -1.77. The fraction of sp³-hybridized carbons (Fsp3) is 0.500. The SMILES string of the molecule is c1cc2c(c(-c3cncn3C3CCCCC3)c1)NCCC2. The van der Waals surface area contributed by atoms with E-state index < -0.39 is 0 Å². The largest absolute Gasteiger partial charge is 0.384 e. The molecule has 2 heterocycles. The van der Waals surface area contributed by atoms with Gasteiger partial charge in [-0.05, 0) is 31.2 Å². The Bertz CT molecular complexity index is 623. The number of benzene rings is 1. The maximum absolute atomic E-state index is 4.46. The van der Waals surface area contributed by atoms with Gasteiger partial charge in [0.25, 0.3) is 0 Å². The Morgan fingerprint density at radius 1 is 1.10 bits per heavy atom. The number of imidazole rings is 1. The molecule has 1 saturated carbocycles. The Balaban J connectivity index is 1.76. The minimum absolute atomic E-state index is 0.635. The molecule has 3 nitrogen and oxygen atoms in total. The lowest BCUT2D eigenvalue weighted by molar-refractivity contribution is 0.355. The third kappa shape index (κ3) is 2.35. The van der Waals surface area contributed by atoms with Gasteiger partial charge in [0.15, 0.2) is 0 Å². The van der Waals surface area contributed by atoms with E-state index >= 15 is 0 Å². The second-order valence-corrected chi connectivity index (χ2v) is 6.35. The van der Waals surface area contributed by atoms with E-state index in [1.54, 1.807) is 0 Å². The van der Waals surface area contributed by atoms with Crippen molar-refractivity contribution in [2.75, 3.05) is 11.9 Å². The molecule has 1 aliphatic heterocycles. The van der Waals surface area contributed by atoms with Gasteiger partial charge in [0.1, 0.15) is 0 Å². The molecule has 2 aromatic rings. The summed E-state index contributed by atoms with van der Waals surface area (Å²) >= 11 is 0. The summed E-state index contributed by atoms with van der Waals surface area (Å²) in [6.07, 6.45) is 13.2. The average molecular weight is 281 g/mol. The molecule has 0 atom stereocenters. The molecule has 1 N–H and O–H groups in total. The summed E-state index contributed by atoms with van der Waals surface area (Å²) in [5.74, 6) is 0. The third-order valence-electron chi connectivity index (χ3n) is 4.99. The van der Waals surface area contributed by atoms with Crippen LogP contribution in [0.1, 0.15) is 50.1 Å².